The lowest BCUT2D eigenvalue weighted by Gasteiger charge is -2.40. The minimum Gasteiger partial charge on any atom is -0.392 e. The quantitative estimate of drug-likeness (QED) is 0.810. The number of aliphatic hydroxyl groups is 1. The van der Waals surface area contributed by atoms with E-state index in [1.165, 1.54) is 0 Å². The molecule has 1 saturated heterocycles. The van der Waals surface area contributed by atoms with Crippen molar-refractivity contribution in [3.63, 3.8) is 0 Å². The molecule has 1 aliphatic heterocycles. The Balaban J connectivity index is 1.83. The average molecular weight is 323 g/mol. The van der Waals surface area contributed by atoms with Crippen LogP contribution in [0.15, 0.2) is 12.3 Å². The Labute approximate surface area is 138 Å². The molecule has 0 radical (unpaired) electrons. The van der Waals surface area contributed by atoms with E-state index in [4.69, 9.17) is 0 Å². The van der Waals surface area contributed by atoms with Crippen molar-refractivity contribution in [1.29, 1.82) is 0 Å². The van der Waals surface area contributed by atoms with Gasteiger partial charge in [-0.2, -0.15) is 5.10 Å². The van der Waals surface area contributed by atoms with Gasteiger partial charge in [-0.15, -0.1) is 0 Å². The first-order chi connectivity index (χ1) is 10.9. The molecule has 1 amide bonds. The number of aromatic nitrogens is 2. The van der Waals surface area contributed by atoms with Crippen LogP contribution < -0.4 is 5.32 Å². The van der Waals surface area contributed by atoms with Gasteiger partial charge in [0.1, 0.15) is 5.82 Å². The number of nitrogens with one attached hydrogen (secondary N) is 1. The number of carbonyl (C=O) groups excluding carboxylic acids is 1. The van der Waals surface area contributed by atoms with Crippen molar-refractivity contribution in [3.05, 3.63) is 12.3 Å². The zero-order valence-corrected chi connectivity index (χ0v) is 14.6. The Morgan fingerprint density at radius 2 is 2.17 bits per heavy atom. The number of hydrogen-bond acceptors (Lipinski definition) is 5. The van der Waals surface area contributed by atoms with Crippen LogP contribution in [0.5, 0.6) is 0 Å². The standard InChI is InChI=1S/C16H29N5O2/c1-12(2)21-15(5-6-17-21)18-16(23)11-19-7-8-20(10-14(4)22)13(3)9-19/h5-6,12-14,22H,7-11H2,1-4H3,(H,18,23)/t13-,14-/m0/s1. The number of piperazine rings is 1. The SMILES string of the molecule is CC(C)n1nccc1NC(=O)CN1CCN(C[C@H](C)O)[C@@H](C)C1. The summed E-state index contributed by atoms with van der Waals surface area (Å²) in [7, 11) is 0. The second kappa shape index (κ2) is 7.90. The van der Waals surface area contributed by atoms with Crippen LogP contribution >= 0.6 is 0 Å². The Morgan fingerprint density at radius 3 is 2.78 bits per heavy atom. The summed E-state index contributed by atoms with van der Waals surface area (Å²) >= 11 is 0. The predicted octanol–water partition coefficient (Wildman–Crippen LogP) is 0.789. The third-order valence-electron chi connectivity index (χ3n) is 4.14. The first kappa shape index (κ1) is 17.9. The van der Waals surface area contributed by atoms with Gasteiger partial charge in [-0.1, -0.05) is 0 Å². The van der Waals surface area contributed by atoms with Crippen molar-refractivity contribution in [2.75, 3.05) is 38.0 Å². The maximum absolute atomic E-state index is 12.3. The van der Waals surface area contributed by atoms with Crippen LogP contribution in [0.2, 0.25) is 0 Å². The summed E-state index contributed by atoms with van der Waals surface area (Å²) in [5, 5.41) is 16.7. The summed E-state index contributed by atoms with van der Waals surface area (Å²) in [6.07, 6.45) is 1.38. The zero-order valence-electron chi connectivity index (χ0n) is 14.6. The van der Waals surface area contributed by atoms with Crippen LogP contribution in [0.25, 0.3) is 0 Å². The van der Waals surface area contributed by atoms with Crippen LogP contribution in [0.4, 0.5) is 5.82 Å². The van der Waals surface area contributed by atoms with Gasteiger partial charge in [0.05, 0.1) is 18.8 Å². The molecule has 1 aromatic rings. The van der Waals surface area contributed by atoms with Crippen LogP contribution in [0.1, 0.15) is 33.7 Å². The number of carbonyl (C=O) groups is 1. The number of nitrogens with zero attached hydrogens (tertiary/aromatic N) is 4. The predicted molar refractivity (Wildman–Crippen MR) is 90.4 cm³/mol. The second-order valence-electron chi connectivity index (χ2n) is 6.73. The van der Waals surface area contributed by atoms with Crippen molar-refractivity contribution < 1.29 is 9.90 Å². The fourth-order valence-corrected chi connectivity index (χ4v) is 3.04. The molecule has 1 aromatic heterocycles. The number of amides is 1. The highest BCUT2D eigenvalue weighted by Gasteiger charge is 2.25. The van der Waals surface area contributed by atoms with E-state index < -0.39 is 0 Å². The summed E-state index contributed by atoms with van der Waals surface area (Å²) < 4.78 is 1.81. The first-order valence-electron chi connectivity index (χ1n) is 8.34. The van der Waals surface area contributed by atoms with Crippen LogP contribution in [0.3, 0.4) is 0 Å². The monoisotopic (exact) mass is 323 g/mol. The normalized spacial score (nSPS) is 21.6. The van der Waals surface area contributed by atoms with Crippen molar-refractivity contribution in [3.8, 4) is 0 Å². The van der Waals surface area contributed by atoms with E-state index in [1.54, 1.807) is 10.9 Å². The van der Waals surface area contributed by atoms with Gasteiger partial charge in [-0.05, 0) is 27.7 Å². The summed E-state index contributed by atoms with van der Waals surface area (Å²) in [5.74, 6) is 0.731. The molecule has 7 heteroatoms. The Bertz CT molecular complexity index is 514. The molecule has 2 heterocycles. The molecule has 0 bridgehead atoms. The summed E-state index contributed by atoms with van der Waals surface area (Å²) in [5.41, 5.74) is 0. The molecular weight excluding hydrogens is 294 g/mol. The number of rotatable bonds is 6. The molecule has 0 unspecified atom stereocenters. The zero-order chi connectivity index (χ0) is 17.0. The van der Waals surface area contributed by atoms with E-state index >= 15 is 0 Å². The molecule has 0 spiro atoms. The average Bonchev–Trinajstić information content (AvgIpc) is 2.89. The molecule has 0 saturated carbocycles. The van der Waals surface area contributed by atoms with E-state index in [0.29, 0.717) is 19.1 Å². The van der Waals surface area contributed by atoms with Gasteiger partial charge >= 0.3 is 0 Å². The summed E-state index contributed by atoms with van der Waals surface area (Å²) in [6.45, 7) is 11.6. The highest BCUT2D eigenvalue weighted by Crippen LogP contribution is 2.14. The van der Waals surface area contributed by atoms with Gasteiger partial charge < -0.3 is 10.4 Å². The molecule has 7 nitrogen and oxygen atoms in total. The number of anilines is 1. The van der Waals surface area contributed by atoms with Crippen LogP contribution in [-0.2, 0) is 4.79 Å². The highest BCUT2D eigenvalue weighted by atomic mass is 16.3. The van der Waals surface area contributed by atoms with E-state index in [0.717, 1.165) is 25.5 Å². The van der Waals surface area contributed by atoms with Crippen molar-refractivity contribution in [2.45, 2.75) is 45.9 Å². The molecule has 23 heavy (non-hydrogen) atoms. The van der Waals surface area contributed by atoms with Crippen molar-refractivity contribution in [2.24, 2.45) is 0 Å². The Hall–Kier alpha value is -1.44. The fourth-order valence-electron chi connectivity index (χ4n) is 3.04. The summed E-state index contributed by atoms with van der Waals surface area (Å²) in [6, 6.07) is 2.37. The van der Waals surface area contributed by atoms with Gasteiger partial charge in [-0.25, -0.2) is 4.68 Å². The summed E-state index contributed by atoms with van der Waals surface area (Å²) in [4.78, 5) is 16.7. The molecule has 1 aliphatic rings. The fraction of sp³-hybridized carbons (Fsp3) is 0.750. The van der Waals surface area contributed by atoms with Gasteiger partial charge in [0.25, 0.3) is 0 Å². The third-order valence-corrected chi connectivity index (χ3v) is 4.14. The Kier molecular flexibility index (Phi) is 6.15. The minimum atomic E-state index is -0.316. The maximum Gasteiger partial charge on any atom is 0.239 e. The van der Waals surface area contributed by atoms with Crippen molar-refractivity contribution in [1.82, 2.24) is 19.6 Å². The van der Waals surface area contributed by atoms with Crippen molar-refractivity contribution >= 4 is 11.7 Å². The Morgan fingerprint density at radius 1 is 1.43 bits per heavy atom. The third kappa shape index (κ3) is 5.02. The number of aliphatic hydroxyl groups excluding tert-OH is 1. The molecule has 2 rings (SSSR count). The molecular formula is C16H29N5O2. The molecule has 2 N–H and O–H groups in total. The molecule has 130 valence electrons. The van der Waals surface area contributed by atoms with E-state index in [-0.39, 0.29) is 18.1 Å². The van der Waals surface area contributed by atoms with E-state index in [2.05, 4.69) is 27.1 Å². The first-order valence-corrected chi connectivity index (χ1v) is 8.34. The number of hydrogen-bond donors (Lipinski definition) is 2. The topological polar surface area (TPSA) is 73.6 Å². The van der Waals surface area contributed by atoms with E-state index in [9.17, 15) is 9.90 Å². The van der Waals surface area contributed by atoms with Gasteiger partial charge in [0.2, 0.25) is 5.91 Å². The van der Waals surface area contributed by atoms with Crippen LogP contribution in [0, 0.1) is 0 Å². The molecule has 0 aliphatic carbocycles. The van der Waals surface area contributed by atoms with Gasteiger partial charge in [-0.3, -0.25) is 14.6 Å². The van der Waals surface area contributed by atoms with E-state index in [1.807, 2.05) is 26.8 Å². The number of β-amino-alcohol motifs (C(OH)–C–C–N with tert-alkyl or cyclic N) is 1. The maximum atomic E-state index is 12.3. The van der Waals surface area contributed by atoms with Gasteiger partial charge in [0, 0.05) is 44.3 Å². The minimum absolute atomic E-state index is 0.0106. The largest absolute Gasteiger partial charge is 0.392 e. The van der Waals surface area contributed by atoms with Gasteiger partial charge in [0.15, 0.2) is 0 Å². The molecule has 0 aromatic carbocycles. The highest BCUT2D eigenvalue weighted by molar-refractivity contribution is 5.91. The lowest BCUT2D eigenvalue weighted by Crippen LogP contribution is -2.54. The smallest absolute Gasteiger partial charge is 0.239 e. The second-order valence-corrected chi connectivity index (χ2v) is 6.73. The molecule has 1 fully saturated rings. The lowest BCUT2D eigenvalue weighted by molar-refractivity contribution is -0.118. The molecule has 2 atom stereocenters. The van der Waals surface area contributed by atoms with Crippen LogP contribution in [-0.4, -0.2) is 75.5 Å². The lowest BCUT2D eigenvalue weighted by atomic mass is 10.1.